The summed E-state index contributed by atoms with van der Waals surface area (Å²) in [5.41, 5.74) is 2.42. The van der Waals surface area contributed by atoms with Gasteiger partial charge in [-0.25, -0.2) is 14.6 Å². The Kier molecular flexibility index (Phi) is 3.88. The van der Waals surface area contributed by atoms with Crippen LogP contribution >= 0.6 is 0 Å². The summed E-state index contributed by atoms with van der Waals surface area (Å²) in [6.45, 7) is 1.90. The Bertz CT molecular complexity index is 968. The third kappa shape index (κ3) is 3.35. The van der Waals surface area contributed by atoms with Crippen molar-refractivity contribution in [1.82, 2.24) is 29.7 Å². The summed E-state index contributed by atoms with van der Waals surface area (Å²) in [5, 5.41) is 4.09. The number of aromatic nitrogens is 6. The van der Waals surface area contributed by atoms with Crippen molar-refractivity contribution in [2.45, 2.75) is 6.92 Å². The van der Waals surface area contributed by atoms with Gasteiger partial charge in [-0.3, -0.25) is 4.98 Å². The van der Waals surface area contributed by atoms with Crippen LogP contribution in [-0.4, -0.2) is 29.7 Å². The van der Waals surface area contributed by atoms with Gasteiger partial charge in [0.25, 0.3) is 0 Å². The molecule has 0 unspecified atom stereocenters. The minimum Gasteiger partial charge on any atom is -0.439 e. The SMILES string of the molecule is Cc1cc(Oc2ccc(-n3cncn3)cc2)nc(-c2ccccn2)n1. The van der Waals surface area contributed by atoms with Crippen molar-refractivity contribution < 1.29 is 4.74 Å². The highest BCUT2D eigenvalue weighted by molar-refractivity contribution is 5.50. The van der Waals surface area contributed by atoms with Crippen molar-refractivity contribution in [1.29, 1.82) is 0 Å². The second-order valence-corrected chi connectivity index (χ2v) is 5.32. The second kappa shape index (κ2) is 6.48. The van der Waals surface area contributed by atoms with E-state index in [-0.39, 0.29) is 0 Å². The predicted molar refractivity (Wildman–Crippen MR) is 91.4 cm³/mol. The molecule has 0 N–H and O–H groups in total. The molecule has 0 saturated carbocycles. The fourth-order valence-electron chi connectivity index (χ4n) is 2.33. The van der Waals surface area contributed by atoms with E-state index < -0.39 is 0 Å². The van der Waals surface area contributed by atoms with Crippen molar-refractivity contribution in [3.05, 3.63) is 73.1 Å². The number of rotatable bonds is 4. The fraction of sp³-hybridized carbons (Fsp3) is 0.0556. The summed E-state index contributed by atoms with van der Waals surface area (Å²) in [7, 11) is 0. The van der Waals surface area contributed by atoms with Crippen LogP contribution in [0.15, 0.2) is 67.4 Å². The largest absolute Gasteiger partial charge is 0.439 e. The Morgan fingerprint density at radius 3 is 2.60 bits per heavy atom. The van der Waals surface area contributed by atoms with Gasteiger partial charge < -0.3 is 4.74 Å². The lowest BCUT2D eigenvalue weighted by atomic mass is 10.3. The van der Waals surface area contributed by atoms with Crippen LogP contribution in [0.3, 0.4) is 0 Å². The van der Waals surface area contributed by atoms with E-state index in [9.17, 15) is 0 Å². The van der Waals surface area contributed by atoms with Crippen LogP contribution in [0, 0.1) is 6.92 Å². The Morgan fingerprint density at radius 1 is 1.00 bits per heavy atom. The molecule has 0 radical (unpaired) electrons. The zero-order chi connectivity index (χ0) is 17.1. The minimum absolute atomic E-state index is 0.474. The quantitative estimate of drug-likeness (QED) is 0.572. The van der Waals surface area contributed by atoms with Gasteiger partial charge in [0, 0.05) is 18.0 Å². The Balaban J connectivity index is 1.59. The first kappa shape index (κ1) is 14.9. The lowest BCUT2D eigenvalue weighted by Crippen LogP contribution is -1.97. The van der Waals surface area contributed by atoms with Crippen LogP contribution in [0.5, 0.6) is 11.6 Å². The number of benzene rings is 1. The first-order valence-electron chi connectivity index (χ1n) is 7.68. The van der Waals surface area contributed by atoms with E-state index in [0.717, 1.165) is 11.4 Å². The van der Waals surface area contributed by atoms with Crippen molar-refractivity contribution >= 4 is 0 Å². The molecule has 0 aliphatic heterocycles. The van der Waals surface area contributed by atoms with Gasteiger partial charge in [-0.05, 0) is 43.3 Å². The van der Waals surface area contributed by atoms with Crippen molar-refractivity contribution in [2.75, 3.05) is 0 Å². The average Bonchev–Trinajstić information content (AvgIpc) is 3.17. The standard InChI is InChI=1S/C18H14N6O/c1-13-10-17(23-18(22-13)16-4-2-3-9-20-16)25-15-7-5-14(6-8-15)24-12-19-11-21-24/h2-12H,1H3. The average molecular weight is 330 g/mol. The van der Waals surface area contributed by atoms with Gasteiger partial charge in [-0.2, -0.15) is 10.1 Å². The van der Waals surface area contributed by atoms with Crippen LogP contribution < -0.4 is 4.74 Å². The van der Waals surface area contributed by atoms with E-state index in [0.29, 0.717) is 23.1 Å². The summed E-state index contributed by atoms with van der Waals surface area (Å²) in [4.78, 5) is 17.1. The molecule has 122 valence electrons. The van der Waals surface area contributed by atoms with Gasteiger partial charge in [-0.15, -0.1) is 0 Å². The topological polar surface area (TPSA) is 78.6 Å². The molecule has 7 nitrogen and oxygen atoms in total. The van der Waals surface area contributed by atoms with Crippen LogP contribution in [-0.2, 0) is 0 Å². The number of pyridine rings is 1. The molecule has 0 atom stereocenters. The minimum atomic E-state index is 0.474. The maximum atomic E-state index is 5.87. The first-order valence-corrected chi connectivity index (χ1v) is 7.68. The van der Waals surface area contributed by atoms with Crippen molar-refractivity contribution in [3.63, 3.8) is 0 Å². The smallest absolute Gasteiger partial charge is 0.223 e. The van der Waals surface area contributed by atoms with Gasteiger partial charge in [0.1, 0.15) is 24.1 Å². The Labute approximate surface area is 144 Å². The Hall–Kier alpha value is -3.61. The second-order valence-electron chi connectivity index (χ2n) is 5.32. The normalized spacial score (nSPS) is 10.6. The molecule has 7 heteroatoms. The fourth-order valence-corrected chi connectivity index (χ4v) is 2.33. The highest BCUT2D eigenvalue weighted by Gasteiger charge is 2.08. The highest BCUT2D eigenvalue weighted by atomic mass is 16.5. The van der Waals surface area contributed by atoms with Crippen LogP contribution in [0.2, 0.25) is 0 Å². The lowest BCUT2D eigenvalue weighted by Gasteiger charge is -2.08. The number of hydrogen-bond donors (Lipinski definition) is 0. The molecule has 0 spiro atoms. The zero-order valence-electron chi connectivity index (χ0n) is 13.4. The zero-order valence-corrected chi connectivity index (χ0v) is 13.4. The molecule has 1 aromatic carbocycles. The summed E-state index contributed by atoms with van der Waals surface area (Å²) in [5.74, 6) is 1.69. The summed E-state index contributed by atoms with van der Waals surface area (Å²) in [6.07, 6.45) is 4.85. The number of hydrogen-bond acceptors (Lipinski definition) is 6. The summed E-state index contributed by atoms with van der Waals surface area (Å²) in [6, 6.07) is 14.9. The van der Waals surface area contributed by atoms with Crippen LogP contribution in [0.1, 0.15) is 5.69 Å². The molecule has 3 aromatic heterocycles. The van der Waals surface area contributed by atoms with E-state index in [4.69, 9.17) is 4.74 Å². The molecular formula is C18H14N6O. The van der Waals surface area contributed by atoms with Gasteiger partial charge in [-0.1, -0.05) is 6.07 Å². The number of nitrogens with zero attached hydrogens (tertiary/aromatic N) is 6. The van der Waals surface area contributed by atoms with Gasteiger partial charge in [0.15, 0.2) is 5.82 Å². The molecule has 25 heavy (non-hydrogen) atoms. The van der Waals surface area contributed by atoms with Gasteiger partial charge in [0.2, 0.25) is 5.88 Å². The molecular weight excluding hydrogens is 316 g/mol. The molecule has 0 bridgehead atoms. The van der Waals surface area contributed by atoms with E-state index in [2.05, 4.69) is 25.0 Å². The van der Waals surface area contributed by atoms with E-state index >= 15 is 0 Å². The predicted octanol–water partition coefficient (Wildman–Crippen LogP) is 3.22. The maximum absolute atomic E-state index is 5.87. The molecule has 4 aromatic rings. The van der Waals surface area contributed by atoms with Crippen molar-refractivity contribution in [3.8, 4) is 28.8 Å². The van der Waals surface area contributed by atoms with Gasteiger partial charge in [0.05, 0.1) is 5.69 Å². The third-order valence-corrected chi connectivity index (χ3v) is 3.47. The highest BCUT2D eigenvalue weighted by Crippen LogP contribution is 2.23. The van der Waals surface area contributed by atoms with Crippen LogP contribution in [0.25, 0.3) is 17.2 Å². The van der Waals surface area contributed by atoms with Gasteiger partial charge >= 0.3 is 0 Å². The molecule has 4 rings (SSSR count). The molecule has 3 heterocycles. The van der Waals surface area contributed by atoms with E-state index in [1.54, 1.807) is 23.3 Å². The molecule has 0 aliphatic carbocycles. The first-order chi connectivity index (χ1) is 12.3. The molecule has 0 fully saturated rings. The Morgan fingerprint density at radius 2 is 1.88 bits per heavy atom. The lowest BCUT2D eigenvalue weighted by molar-refractivity contribution is 0.461. The van der Waals surface area contributed by atoms with Crippen molar-refractivity contribution in [2.24, 2.45) is 0 Å². The molecule has 0 amide bonds. The van der Waals surface area contributed by atoms with Crippen LogP contribution in [0.4, 0.5) is 0 Å². The number of ether oxygens (including phenoxy) is 1. The summed E-state index contributed by atoms with van der Waals surface area (Å²) >= 11 is 0. The summed E-state index contributed by atoms with van der Waals surface area (Å²) < 4.78 is 7.55. The molecule has 0 aliphatic rings. The monoisotopic (exact) mass is 330 g/mol. The maximum Gasteiger partial charge on any atom is 0.223 e. The number of aryl methyl sites for hydroxylation is 1. The van der Waals surface area contributed by atoms with E-state index in [1.165, 1.54) is 6.33 Å². The third-order valence-electron chi connectivity index (χ3n) is 3.47. The van der Waals surface area contributed by atoms with E-state index in [1.807, 2.05) is 49.4 Å². The molecule has 0 saturated heterocycles.